The zero-order chi connectivity index (χ0) is 11.5. The van der Waals surface area contributed by atoms with Gasteiger partial charge in [0.25, 0.3) is 5.91 Å². The largest absolute Gasteiger partial charge is 0.379 e. The number of hydrogen-bond acceptors (Lipinski definition) is 7. The van der Waals surface area contributed by atoms with E-state index in [4.69, 9.17) is 5.73 Å². The lowest BCUT2D eigenvalue weighted by atomic mass is 10.4. The summed E-state index contributed by atoms with van der Waals surface area (Å²) in [6, 6.07) is 0. The van der Waals surface area contributed by atoms with Gasteiger partial charge in [-0.1, -0.05) is 6.92 Å². The zero-order valence-electron chi connectivity index (χ0n) is 7.93. The molecule has 0 aromatic carbocycles. The molecule has 0 aliphatic heterocycles. The van der Waals surface area contributed by atoms with Crippen molar-refractivity contribution in [1.82, 2.24) is 15.0 Å². The maximum Gasteiger partial charge on any atom is 0.290 e. The zero-order valence-corrected chi connectivity index (χ0v) is 8.74. The average molecular weight is 234 g/mol. The van der Waals surface area contributed by atoms with Crippen LogP contribution in [0.5, 0.6) is 0 Å². The SMILES string of the molecule is CCCS(=O)(=O)NC(=O)c1nonc1N. The summed E-state index contributed by atoms with van der Waals surface area (Å²) in [6.07, 6.45) is 0.398. The summed E-state index contributed by atoms with van der Waals surface area (Å²) in [6.45, 7) is 1.68. The van der Waals surface area contributed by atoms with E-state index in [1.54, 1.807) is 11.6 Å². The number of sulfonamides is 1. The number of nitrogens with one attached hydrogen (secondary N) is 1. The number of nitrogens with zero attached hydrogens (tertiary/aromatic N) is 2. The Bertz CT molecular complexity index is 451. The Labute approximate surface area is 85.8 Å². The lowest BCUT2D eigenvalue weighted by Gasteiger charge is -2.02. The van der Waals surface area contributed by atoms with Gasteiger partial charge in [0.2, 0.25) is 21.5 Å². The van der Waals surface area contributed by atoms with Crippen molar-refractivity contribution >= 4 is 21.7 Å². The first-order chi connectivity index (χ1) is 6.96. The summed E-state index contributed by atoms with van der Waals surface area (Å²) in [5.41, 5.74) is 4.87. The minimum atomic E-state index is -3.64. The molecule has 0 fully saturated rings. The number of nitrogens with two attached hydrogens (primary N) is 1. The van der Waals surface area contributed by atoms with Crippen LogP contribution in [0.2, 0.25) is 0 Å². The van der Waals surface area contributed by atoms with E-state index < -0.39 is 15.9 Å². The third-order valence-corrected chi connectivity index (χ3v) is 2.89. The molecule has 0 spiro atoms. The van der Waals surface area contributed by atoms with Crippen molar-refractivity contribution in [1.29, 1.82) is 0 Å². The average Bonchev–Trinajstić information content (AvgIpc) is 2.50. The number of rotatable bonds is 4. The Morgan fingerprint density at radius 2 is 2.20 bits per heavy atom. The fraction of sp³-hybridized carbons (Fsp3) is 0.500. The summed E-state index contributed by atoms with van der Waals surface area (Å²) in [7, 11) is -3.64. The molecule has 1 heterocycles. The number of aromatic nitrogens is 2. The first kappa shape index (κ1) is 11.4. The molecule has 1 amide bonds. The van der Waals surface area contributed by atoms with Gasteiger partial charge in [-0.05, 0) is 16.7 Å². The number of anilines is 1. The summed E-state index contributed by atoms with van der Waals surface area (Å²) in [5, 5.41) is 6.32. The highest BCUT2D eigenvalue weighted by molar-refractivity contribution is 7.90. The van der Waals surface area contributed by atoms with Crippen LogP contribution in [0.3, 0.4) is 0 Å². The molecular formula is C6H10N4O4S. The van der Waals surface area contributed by atoms with E-state index in [1.165, 1.54) is 0 Å². The second kappa shape index (κ2) is 4.26. The number of amides is 1. The predicted octanol–water partition coefficient (Wildman–Crippen LogP) is -0.879. The highest BCUT2D eigenvalue weighted by atomic mass is 32.2. The van der Waals surface area contributed by atoms with Crippen LogP contribution in [0.4, 0.5) is 5.82 Å². The molecule has 1 aromatic heterocycles. The van der Waals surface area contributed by atoms with Gasteiger partial charge in [0.15, 0.2) is 0 Å². The van der Waals surface area contributed by atoms with Crippen LogP contribution in [0.25, 0.3) is 0 Å². The molecule has 0 aliphatic carbocycles. The Morgan fingerprint density at radius 3 is 2.67 bits per heavy atom. The minimum Gasteiger partial charge on any atom is -0.379 e. The van der Waals surface area contributed by atoms with Gasteiger partial charge in [0.1, 0.15) is 0 Å². The Morgan fingerprint density at radius 1 is 1.53 bits per heavy atom. The normalized spacial score (nSPS) is 11.3. The van der Waals surface area contributed by atoms with Crippen LogP contribution in [0.1, 0.15) is 23.8 Å². The van der Waals surface area contributed by atoms with Crippen molar-refractivity contribution in [2.24, 2.45) is 0 Å². The summed E-state index contributed by atoms with van der Waals surface area (Å²) < 4.78 is 28.3. The molecule has 0 bridgehead atoms. The van der Waals surface area contributed by atoms with Gasteiger partial charge in [-0.3, -0.25) is 4.79 Å². The van der Waals surface area contributed by atoms with E-state index in [1.807, 2.05) is 0 Å². The van der Waals surface area contributed by atoms with Crippen molar-refractivity contribution in [3.05, 3.63) is 5.69 Å². The van der Waals surface area contributed by atoms with Crippen LogP contribution < -0.4 is 10.5 Å². The van der Waals surface area contributed by atoms with E-state index >= 15 is 0 Å². The topological polar surface area (TPSA) is 128 Å². The fourth-order valence-electron chi connectivity index (χ4n) is 0.862. The van der Waals surface area contributed by atoms with Gasteiger partial charge < -0.3 is 5.73 Å². The number of carbonyl (C=O) groups is 1. The molecular weight excluding hydrogens is 224 g/mol. The Balaban J connectivity index is 2.77. The molecule has 1 rings (SSSR count). The molecule has 0 saturated heterocycles. The smallest absolute Gasteiger partial charge is 0.290 e. The van der Waals surface area contributed by atoms with E-state index in [0.717, 1.165) is 0 Å². The first-order valence-electron chi connectivity index (χ1n) is 4.09. The third kappa shape index (κ3) is 2.91. The fourth-order valence-corrected chi connectivity index (χ4v) is 1.88. The minimum absolute atomic E-state index is 0.149. The first-order valence-corrected chi connectivity index (χ1v) is 5.74. The second-order valence-electron chi connectivity index (χ2n) is 2.75. The van der Waals surface area contributed by atoms with Gasteiger partial charge in [0, 0.05) is 0 Å². The van der Waals surface area contributed by atoms with Crippen molar-refractivity contribution in [2.45, 2.75) is 13.3 Å². The number of carbonyl (C=O) groups excluding carboxylic acids is 1. The van der Waals surface area contributed by atoms with Gasteiger partial charge in [0.05, 0.1) is 5.75 Å². The van der Waals surface area contributed by atoms with E-state index in [0.29, 0.717) is 6.42 Å². The highest BCUT2D eigenvalue weighted by Gasteiger charge is 2.21. The Hall–Kier alpha value is -1.64. The van der Waals surface area contributed by atoms with Crippen LogP contribution in [0.15, 0.2) is 4.63 Å². The van der Waals surface area contributed by atoms with E-state index in [9.17, 15) is 13.2 Å². The quantitative estimate of drug-likeness (QED) is 0.692. The lowest BCUT2D eigenvalue weighted by molar-refractivity contribution is 0.0972. The summed E-state index contributed by atoms with van der Waals surface area (Å²) in [4.78, 5) is 11.3. The Kier molecular flexibility index (Phi) is 3.24. The molecule has 9 heteroatoms. The molecule has 0 unspecified atom stereocenters. The standard InChI is InChI=1S/C6H10N4O4S/c1-2-3-15(12,13)10-6(11)4-5(7)9-14-8-4/h2-3H2,1H3,(H2,7,9)(H,10,11). The van der Waals surface area contributed by atoms with Gasteiger partial charge in [-0.2, -0.15) is 0 Å². The van der Waals surface area contributed by atoms with Crippen molar-refractivity contribution in [3.8, 4) is 0 Å². The van der Waals surface area contributed by atoms with E-state index in [-0.39, 0.29) is 17.3 Å². The van der Waals surface area contributed by atoms with Crippen LogP contribution >= 0.6 is 0 Å². The summed E-state index contributed by atoms with van der Waals surface area (Å²) in [5.74, 6) is -1.34. The van der Waals surface area contributed by atoms with Crippen LogP contribution in [-0.4, -0.2) is 30.4 Å². The maximum absolute atomic E-state index is 11.3. The molecule has 0 radical (unpaired) electrons. The number of nitrogen functional groups attached to an aromatic ring is 1. The highest BCUT2D eigenvalue weighted by Crippen LogP contribution is 2.04. The maximum atomic E-state index is 11.3. The molecule has 8 nitrogen and oxygen atoms in total. The van der Waals surface area contributed by atoms with Crippen molar-refractivity contribution in [2.75, 3.05) is 11.5 Å². The van der Waals surface area contributed by atoms with Gasteiger partial charge in [-0.15, -0.1) is 0 Å². The molecule has 1 aromatic rings. The van der Waals surface area contributed by atoms with E-state index in [2.05, 4.69) is 14.9 Å². The van der Waals surface area contributed by atoms with Crippen molar-refractivity contribution in [3.63, 3.8) is 0 Å². The monoisotopic (exact) mass is 234 g/mol. The summed E-state index contributed by atoms with van der Waals surface area (Å²) >= 11 is 0. The molecule has 84 valence electrons. The molecule has 0 atom stereocenters. The van der Waals surface area contributed by atoms with Crippen molar-refractivity contribution < 1.29 is 17.8 Å². The van der Waals surface area contributed by atoms with Crippen LogP contribution in [0, 0.1) is 0 Å². The van der Waals surface area contributed by atoms with Gasteiger partial charge >= 0.3 is 0 Å². The third-order valence-electron chi connectivity index (χ3n) is 1.45. The lowest BCUT2D eigenvalue weighted by Crippen LogP contribution is -2.33. The van der Waals surface area contributed by atoms with Crippen LogP contribution in [-0.2, 0) is 10.0 Å². The second-order valence-corrected chi connectivity index (χ2v) is 4.59. The number of hydrogen-bond donors (Lipinski definition) is 2. The predicted molar refractivity (Wildman–Crippen MR) is 50.3 cm³/mol. The molecule has 15 heavy (non-hydrogen) atoms. The molecule has 3 N–H and O–H groups in total. The molecule has 0 saturated carbocycles. The molecule has 0 aliphatic rings. The van der Waals surface area contributed by atoms with Gasteiger partial charge in [-0.25, -0.2) is 17.8 Å².